The van der Waals surface area contributed by atoms with Gasteiger partial charge in [-0.25, -0.2) is 9.80 Å². The Bertz CT molecular complexity index is 1730. The number of halogens is 2. The summed E-state index contributed by atoms with van der Waals surface area (Å²) in [5.74, 6) is -3.06. The topological polar surface area (TPSA) is 101 Å². The van der Waals surface area contributed by atoms with Gasteiger partial charge in [-0.05, 0) is 91.6 Å². The molecule has 0 spiro atoms. The van der Waals surface area contributed by atoms with E-state index in [0.29, 0.717) is 22.4 Å². The van der Waals surface area contributed by atoms with Crippen LogP contribution in [0.5, 0.6) is 5.75 Å². The summed E-state index contributed by atoms with van der Waals surface area (Å²) in [4.78, 5) is 67.8. The second-order valence-electron chi connectivity index (χ2n) is 11.8. The molecule has 3 fully saturated rings. The number of hydrogen-bond donors (Lipinski definition) is 0. The molecule has 5 aliphatic rings. The molecule has 10 heteroatoms. The Morgan fingerprint density at radius 1 is 0.841 bits per heavy atom. The molecule has 8 nitrogen and oxygen atoms in total. The first-order chi connectivity index (χ1) is 21.1. The van der Waals surface area contributed by atoms with Crippen LogP contribution in [0.15, 0.2) is 78.9 Å². The third kappa shape index (κ3) is 4.73. The zero-order valence-electron chi connectivity index (χ0n) is 23.5. The Labute approximate surface area is 263 Å². The van der Waals surface area contributed by atoms with Crippen LogP contribution in [0.4, 0.5) is 0 Å². The number of allylic oxidation sites excluding steroid dienone is 2. The predicted molar refractivity (Wildman–Crippen MR) is 161 cm³/mol. The molecule has 1 heterocycles. The fourth-order valence-electron chi connectivity index (χ4n) is 7.01. The summed E-state index contributed by atoms with van der Waals surface area (Å²) in [6, 6.07) is 17.1. The summed E-state index contributed by atoms with van der Waals surface area (Å²) in [6.45, 7) is 1.32. The first kappa shape index (κ1) is 28.5. The molecule has 3 aromatic rings. The number of benzene rings is 3. The van der Waals surface area contributed by atoms with Crippen molar-refractivity contribution < 1.29 is 28.7 Å². The number of carbonyl (C=O) groups is 5. The van der Waals surface area contributed by atoms with Gasteiger partial charge in [0.25, 0.3) is 17.7 Å². The molecular weight excluding hydrogens is 603 g/mol. The van der Waals surface area contributed by atoms with E-state index >= 15 is 0 Å². The van der Waals surface area contributed by atoms with Crippen LogP contribution in [0.3, 0.4) is 0 Å². The average Bonchev–Trinajstić information content (AvgIpc) is 3.79. The van der Waals surface area contributed by atoms with Gasteiger partial charge in [0.15, 0.2) is 5.78 Å². The highest BCUT2D eigenvalue weighted by Crippen LogP contribution is 2.65. The van der Waals surface area contributed by atoms with Gasteiger partial charge in [-0.2, -0.15) is 5.01 Å². The molecular formula is C34H26Cl2N2O6. The lowest BCUT2D eigenvalue weighted by Crippen LogP contribution is -2.52. The third-order valence-corrected chi connectivity index (χ3v) is 9.79. The van der Waals surface area contributed by atoms with Gasteiger partial charge >= 0.3 is 5.97 Å². The summed E-state index contributed by atoms with van der Waals surface area (Å²) in [6.07, 6.45) is 5.07. The van der Waals surface area contributed by atoms with Gasteiger partial charge in [0.2, 0.25) is 0 Å². The average molecular weight is 629 g/mol. The molecule has 3 amide bonds. The highest BCUT2D eigenvalue weighted by molar-refractivity contribution is 6.36. The molecule has 1 saturated heterocycles. The minimum absolute atomic E-state index is 0.00153. The van der Waals surface area contributed by atoms with Crippen LogP contribution in [0.2, 0.25) is 10.0 Å². The number of carbonyl (C=O) groups excluding carboxylic acids is 5. The van der Waals surface area contributed by atoms with Crippen LogP contribution < -0.4 is 4.74 Å². The molecule has 0 N–H and O–H groups in total. The van der Waals surface area contributed by atoms with Gasteiger partial charge < -0.3 is 4.74 Å². The quantitative estimate of drug-likeness (QED) is 0.108. The molecule has 6 atom stereocenters. The molecule has 8 rings (SSSR count). The Morgan fingerprint density at radius 2 is 1.43 bits per heavy atom. The molecule has 222 valence electrons. The zero-order chi connectivity index (χ0) is 30.9. The second kappa shape index (κ2) is 10.7. The van der Waals surface area contributed by atoms with E-state index in [4.69, 9.17) is 27.9 Å². The Hall–Kier alpha value is -4.27. The summed E-state index contributed by atoms with van der Waals surface area (Å²) in [5, 5.41) is 2.12. The first-order valence-electron chi connectivity index (χ1n) is 14.4. The van der Waals surface area contributed by atoms with E-state index in [2.05, 4.69) is 0 Å². The Kier molecular flexibility index (Phi) is 6.94. The molecule has 4 aliphatic carbocycles. The van der Waals surface area contributed by atoms with Crippen LogP contribution in [0.25, 0.3) is 0 Å². The van der Waals surface area contributed by atoms with Gasteiger partial charge in [0.05, 0.1) is 28.0 Å². The number of rotatable bonds is 7. The van der Waals surface area contributed by atoms with Crippen molar-refractivity contribution >= 4 is 52.7 Å². The second-order valence-corrected chi connectivity index (χ2v) is 12.7. The molecule has 0 radical (unpaired) electrons. The number of aryl methyl sites for hydroxylation is 1. The molecule has 3 aromatic carbocycles. The van der Waals surface area contributed by atoms with Crippen LogP contribution in [-0.2, 0) is 9.59 Å². The summed E-state index contributed by atoms with van der Waals surface area (Å²) >= 11 is 12.4. The molecule has 0 aromatic heterocycles. The van der Waals surface area contributed by atoms with Gasteiger partial charge in [-0.15, -0.1) is 0 Å². The van der Waals surface area contributed by atoms with E-state index in [0.717, 1.165) is 22.0 Å². The van der Waals surface area contributed by atoms with Gasteiger partial charge in [0, 0.05) is 10.6 Å². The highest BCUT2D eigenvalue weighted by atomic mass is 35.5. The number of esters is 1. The standard InChI is InChI=1S/C34H26Cl2N2O6/c1-17-2-4-19(5-3-17)34(43)44-21-9-6-18(7-10-21)28(39)16-37(31(40)24-11-8-20(35)14-27(24)36)38-32(41)29-22-12-13-23(26-15-25(22)26)30(29)33(38)42/h2-14,22-23,25-26,29-30H,15-16H2,1H3/t22-,23-,25-,26-,29-,30+/m0/s1. The molecule has 0 unspecified atom stereocenters. The molecule has 2 saturated carbocycles. The lowest BCUT2D eigenvalue weighted by molar-refractivity contribution is -0.154. The van der Waals surface area contributed by atoms with Crippen molar-refractivity contribution in [2.45, 2.75) is 13.3 Å². The van der Waals surface area contributed by atoms with Gasteiger partial charge in [-0.3, -0.25) is 19.2 Å². The van der Waals surface area contributed by atoms with Crippen molar-refractivity contribution in [1.82, 2.24) is 10.0 Å². The van der Waals surface area contributed by atoms with E-state index in [1.165, 1.54) is 42.5 Å². The van der Waals surface area contributed by atoms with E-state index in [1.54, 1.807) is 24.3 Å². The van der Waals surface area contributed by atoms with Crippen molar-refractivity contribution in [2.75, 3.05) is 6.54 Å². The van der Waals surface area contributed by atoms with Crippen LogP contribution in [0, 0.1) is 42.4 Å². The van der Waals surface area contributed by atoms with Gasteiger partial charge in [0.1, 0.15) is 12.3 Å². The lowest BCUT2D eigenvalue weighted by atomic mass is 9.63. The van der Waals surface area contributed by atoms with E-state index < -0.39 is 47.9 Å². The van der Waals surface area contributed by atoms with Crippen LogP contribution >= 0.6 is 23.2 Å². The fraction of sp³-hybridized carbons (Fsp3) is 0.265. The number of amides is 3. The Morgan fingerprint density at radius 3 is 2.02 bits per heavy atom. The number of imide groups is 1. The summed E-state index contributed by atoms with van der Waals surface area (Å²) in [7, 11) is 0. The number of Topliss-reactive ketones (excluding diaryl/α,β-unsaturated/α-hetero) is 1. The van der Waals surface area contributed by atoms with E-state index in [1.807, 2.05) is 19.1 Å². The van der Waals surface area contributed by atoms with Crippen molar-refractivity contribution in [1.29, 1.82) is 0 Å². The third-order valence-electron chi connectivity index (χ3n) is 9.24. The van der Waals surface area contributed by atoms with Crippen molar-refractivity contribution in [3.05, 3.63) is 111 Å². The zero-order valence-corrected chi connectivity index (χ0v) is 25.0. The Balaban J connectivity index is 1.15. The largest absolute Gasteiger partial charge is 0.423 e. The summed E-state index contributed by atoms with van der Waals surface area (Å²) < 4.78 is 5.43. The summed E-state index contributed by atoms with van der Waals surface area (Å²) in [5.41, 5.74) is 1.58. The monoisotopic (exact) mass is 628 g/mol. The van der Waals surface area contributed by atoms with Crippen LogP contribution in [0.1, 0.15) is 43.1 Å². The maximum absolute atomic E-state index is 13.9. The predicted octanol–water partition coefficient (Wildman–Crippen LogP) is 5.81. The minimum atomic E-state index is -0.769. The number of nitrogens with zero attached hydrogens (tertiary/aromatic N) is 2. The number of hydrazine groups is 1. The van der Waals surface area contributed by atoms with E-state index in [9.17, 15) is 24.0 Å². The smallest absolute Gasteiger partial charge is 0.343 e. The maximum Gasteiger partial charge on any atom is 0.343 e. The maximum atomic E-state index is 13.9. The van der Waals surface area contributed by atoms with Crippen molar-refractivity contribution in [3.8, 4) is 5.75 Å². The number of ether oxygens (including phenoxy) is 1. The molecule has 2 bridgehead atoms. The first-order valence-corrected chi connectivity index (χ1v) is 15.1. The van der Waals surface area contributed by atoms with Crippen LogP contribution in [-0.4, -0.2) is 46.0 Å². The van der Waals surface area contributed by atoms with Gasteiger partial charge in [-0.1, -0.05) is 53.1 Å². The number of ketones is 1. The fourth-order valence-corrected chi connectivity index (χ4v) is 7.50. The molecule has 1 aliphatic heterocycles. The van der Waals surface area contributed by atoms with E-state index in [-0.39, 0.29) is 33.7 Å². The minimum Gasteiger partial charge on any atom is -0.423 e. The lowest BCUT2D eigenvalue weighted by Gasteiger charge is -2.37. The highest BCUT2D eigenvalue weighted by Gasteiger charge is 2.68. The number of hydrogen-bond acceptors (Lipinski definition) is 6. The molecule has 44 heavy (non-hydrogen) atoms. The normalized spacial score (nSPS) is 25.8. The SMILES string of the molecule is Cc1ccc(C(=O)Oc2ccc(C(=O)CN(C(=O)c3ccc(Cl)cc3Cl)N3C(=O)[C@@H]4[C@H]5C=C[C@@H]([C@@H]6C[C@@H]56)[C@@H]4C3=O)cc2)cc1. The van der Waals surface area contributed by atoms with Crippen molar-refractivity contribution in [2.24, 2.45) is 35.5 Å². The van der Waals surface area contributed by atoms with Crippen molar-refractivity contribution in [3.63, 3.8) is 0 Å².